The second-order valence-electron chi connectivity index (χ2n) is 5.81. The van der Waals surface area contributed by atoms with E-state index in [0.717, 1.165) is 29.8 Å². The molecule has 1 fully saturated rings. The van der Waals surface area contributed by atoms with Crippen LogP contribution in [0.1, 0.15) is 38.1 Å². The molecule has 3 rings (SSSR count). The first-order valence-corrected chi connectivity index (χ1v) is 7.01. The highest BCUT2D eigenvalue weighted by Gasteiger charge is 2.33. The number of carbonyl (C=O) groups excluding carboxylic acids is 1. The molecule has 106 valence electrons. The molecular formula is C15H20N4O. The lowest BCUT2D eigenvalue weighted by atomic mass is 10.1. The molecule has 5 nitrogen and oxygen atoms in total. The van der Waals surface area contributed by atoms with Gasteiger partial charge in [-0.3, -0.25) is 4.79 Å². The SMILES string of the molecule is CC(C)c1nc2cc(N)ccc2n1C1CCN(C)C1=O. The summed E-state index contributed by atoms with van der Waals surface area (Å²) in [5.41, 5.74) is 8.41. The van der Waals surface area contributed by atoms with Crippen molar-refractivity contribution in [3.8, 4) is 0 Å². The molecule has 2 N–H and O–H groups in total. The monoisotopic (exact) mass is 272 g/mol. The smallest absolute Gasteiger partial charge is 0.245 e. The summed E-state index contributed by atoms with van der Waals surface area (Å²) in [6.45, 7) is 5.00. The number of nitrogens with zero attached hydrogens (tertiary/aromatic N) is 3. The third-order valence-electron chi connectivity index (χ3n) is 3.97. The zero-order valence-corrected chi connectivity index (χ0v) is 12.1. The lowest BCUT2D eigenvalue weighted by molar-refractivity contribution is -0.129. The topological polar surface area (TPSA) is 64.2 Å². The summed E-state index contributed by atoms with van der Waals surface area (Å²) < 4.78 is 2.10. The van der Waals surface area contributed by atoms with Gasteiger partial charge in [0.05, 0.1) is 11.0 Å². The minimum absolute atomic E-state index is 0.133. The predicted molar refractivity (Wildman–Crippen MR) is 79.5 cm³/mol. The van der Waals surface area contributed by atoms with Gasteiger partial charge in [0.1, 0.15) is 11.9 Å². The van der Waals surface area contributed by atoms with Crippen LogP contribution in [-0.4, -0.2) is 34.0 Å². The summed E-state index contributed by atoms with van der Waals surface area (Å²) in [7, 11) is 1.86. The van der Waals surface area contributed by atoms with Crippen molar-refractivity contribution in [3.05, 3.63) is 24.0 Å². The van der Waals surface area contributed by atoms with Gasteiger partial charge in [-0.1, -0.05) is 13.8 Å². The van der Waals surface area contributed by atoms with Gasteiger partial charge in [0.15, 0.2) is 0 Å². The van der Waals surface area contributed by atoms with E-state index in [1.165, 1.54) is 0 Å². The Morgan fingerprint density at radius 1 is 1.40 bits per heavy atom. The first kappa shape index (κ1) is 13.0. The van der Waals surface area contributed by atoms with Crippen LogP contribution in [-0.2, 0) is 4.79 Å². The van der Waals surface area contributed by atoms with Crippen LogP contribution in [0.25, 0.3) is 11.0 Å². The van der Waals surface area contributed by atoms with E-state index in [4.69, 9.17) is 5.73 Å². The van der Waals surface area contributed by atoms with Crippen LogP contribution in [0, 0.1) is 0 Å². The van der Waals surface area contributed by atoms with Gasteiger partial charge in [0, 0.05) is 25.2 Å². The minimum atomic E-state index is -0.133. The Hall–Kier alpha value is -2.04. The van der Waals surface area contributed by atoms with E-state index in [-0.39, 0.29) is 17.9 Å². The lowest BCUT2D eigenvalue weighted by Gasteiger charge is -2.17. The maximum absolute atomic E-state index is 12.3. The van der Waals surface area contributed by atoms with E-state index in [1.54, 1.807) is 4.90 Å². The number of amides is 1. The van der Waals surface area contributed by atoms with Crippen LogP contribution in [0.5, 0.6) is 0 Å². The number of aromatic nitrogens is 2. The summed E-state index contributed by atoms with van der Waals surface area (Å²) in [5.74, 6) is 1.39. The quantitative estimate of drug-likeness (QED) is 0.852. The summed E-state index contributed by atoms with van der Waals surface area (Å²) in [6.07, 6.45) is 0.838. The van der Waals surface area contributed by atoms with Crippen molar-refractivity contribution in [3.63, 3.8) is 0 Å². The van der Waals surface area contributed by atoms with Crippen LogP contribution >= 0.6 is 0 Å². The molecule has 0 radical (unpaired) electrons. The Balaban J connectivity index is 2.22. The lowest BCUT2D eigenvalue weighted by Crippen LogP contribution is -2.25. The van der Waals surface area contributed by atoms with Crippen molar-refractivity contribution in [1.29, 1.82) is 0 Å². The Morgan fingerprint density at radius 2 is 2.15 bits per heavy atom. The maximum atomic E-state index is 12.3. The Kier molecular flexibility index (Phi) is 2.92. The molecule has 1 aromatic carbocycles. The van der Waals surface area contributed by atoms with Crippen LogP contribution in [0.2, 0.25) is 0 Å². The molecule has 0 bridgehead atoms. The van der Waals surface area contributed by atoms with Crippen LogP contribution in [0.4, 0.5) is 5.69 Å². The molecule has 5 heteroatoms. The molecule has 0 spiro atoms. The van der Waals surface area contributed by atoms with Crippen molar-refractivity contribution in [2.24, 2.45) is 0 Å². The molecule has 1 atom stereocenters. The number of likely N-dealkylation sites (tertiary alicyclic amines) is 1. The number of hydrogen-bond acceptors (Lipinski definition) is 3. The van der Waals surface area contributed by atoms with Gasteiger partial charge < -0.3 is 15.2 Å². The molecule has 0 saturated carbocycles. The third-order valence-corrected chi connectivity index (χ3v) is 3.97. The number of rotatable bonds is 2. The second kappa shape index (κ2) is 4.51. The predicted octanol–water partition coefficient (Wildman–Crippen LogP) is 2.15. The van der Waals surface area contributed by atoms with Crippen LogP contribution in [0.15, 0.2) is 18.2 Å². The average Bonchev–Trinajstić information content (AvgIpc) is 2.91. The minimum Gasteiger partial charge on any atom is -0.399 e. The summed E-state index contributed by atoms with van der Waals surface area (Å²) in [5, 5.41) is 0. The zero-order chi connectivity index (χ0) is 14.4. The van der Waals surface area contributed by atoms with Gasteiger partial charge >= 0.3 is 0 Å². The van der Waals surface area contributed by atoms with E-state index in [2.05, 4.69) is 23.4 Å². The number of anilines is 1. The normalized spacial score (nSPS) is 19.5. The summed E-state index contributed by atoms with van der Waals surface area (Å²) in [4.78, 5) is 18.8. The highest BCUT2D eigenvalue weighted by atomic mass is 16.2. The molecule has 20 heavy (non-hydrogen) atoms. The van der Waals surface area contributed by atoms with Crippen molar-refractivity contribution in [2.75, 3.05) is 19.3 Å². The number of carbonyl (C=O) groups is 1. The standard InChI is InChI=1S/C15H20N4O/c1-9(2)14-17-11-8-10(16)4-5-12(11)19(14)13-6-7-18(3)15(13)20/h4-5,8-9,13H,6-7,16H2,1-3H3. The first-order valence-electron chi connectivity index (χ1n) is 7.01. The maximum Gasteiger partial charge on any atom is 0.245 e. The summed E-state index contributed by atoms with van der Waals surface area (Å²) >= 11 is 0. The summed E-state index contributed by atoms with van der Waals surface area (Å²) in [6, 6.07) is 5.58. The fraction of sp³-hybridized carbons (Fsp3) is 0.467. The number of likely N-dealkylation sites (N-methyl/N-ethyl adjacent to an activating group) is 1. The van der Waals surface area contributed by atoms with E-state index >= 15 is 0 Å². The number of hydrogen-bond donors (Lipinski definition) is 1. The molecule has 1 aliphatic rings. The van der Waals surface area contributed by atoms with Crippen LogP contribution in [0.3, 0.4) is 0 Å². The highest BCUT2D eigenvalue weighted by Crippen LogP contribution is 2.32. The van der Waals surface area contributed by atoms with Crippen molar-refractivity contribution in [1.82, 2.24) is 14.5 Å². The fourth-order valence-corrected chi connectivity index (χ4v) is 2.91. The van der Waals surface area contributed by atoms with Crippen LogP contribution < -0.4 is 5.73 Å². The molecule has 2 heterocycles. The van der Waals surface area contributed by atoms with E-state index in [1.807, 2.05) is 25.2 Å². The molecule has 1 aromatic heterocycles. The van der Waals surface area contributed by atoms with E-state index in [9.17, 15) is 4.79 Å². The number of nitrogen functional groups attached to an aromatic ring is 1. The van der Waals surface area contributed by atoms with Gasteiger partial charge in [-0.15, -0.1) is 0 Å². The molecule has 2 aromatic rings. The highest BCUT2D eigenvalue weighted by molar-refractivity contribution is 5.86. The van der Waals surface area contributed by atoms with Crippen molar-refractivity contribution < 1.29 is 4.79 Å². The van der Waals surface area contributed by atoms with Gasteiger partial charge in [0.2, 0.25) is 5.91 Å². The Morgan fingerprint density at radius 3 is 2.75 bits per heavy atom. The molecule has 1 unspecified atom stereocenters. The van der Waals surface area contributed by atoms with Crippen molar-refractivity contribution >= 4 is 22.6 Å². The number of benzene rings is 1. The number of nitrogens with two attached hydrogens (primary N) is 1. The van der Waals surface area contributed by atoms with Gasteiger partial charge in [-0.05, 0) is 24.6 Å². The van der Waals surface area contributed by atoms with Gasteiger partial charge in [-0.25, -0.2) is 4.98 Å². The molecule has 1 amide bonds. The third kappa shape index (κ3) is 1.85. The van der Waals surface area contributed by atoms with E-state index < -0.39 is 0 Å². The zero-order valence-electron chi connectivity index (χ0n) is 12.1. The molecular weight excluding hydrogens is 252 g/mol. The Bertz CT molecular complexity index is 674. The largest absolute Gasteiger partial charge is 0.399 e. The van der Waals surface area contributed by atoms with Gasteiger partial charge in [-0.2, -0.15) is 0 Å². The fourth-order valence-electron chi connectivity index (χ4n) is 2.91. The number of imidazole rings is 1. The van der Waals surface area contributed by atoms with Crippen molar-refractivity contribution in [2.45, 2.75) is 32.2 Å². The van der Waals surface area contributed by atoms with Gasteiger partial charge in [0.25, 0.3) is 0 Å². The molecule has 0 aliphatic carbocycles. The first-order chi connectivity index (χ1) is 9.49. The molecule has 1 aliphatic heterocycles. The van der Waals surface area contributed by atoms with E-state index in [0.29, 0.717) is 5.69 Å². The second-order valence-corrected chi connectivity index (χ2v) is 5.81. The number of fused-ring (bicyclic) bond motifs is 1. The average molecular weight is 272 g/mol. The molecule has 1 saturated heterocycles. The Labute approximate surface area is 118 Å².